The number of carbonyl (C=O) groups excluding carboxylic acids is 2. The summed E-state index contributed by atoms with van der Waals surface area (Å²) in [7, 11) is 0. The van der Waals surface area contributed by atoms with Gasteiger partial charge in [0.05, 0.1) is 35.1 Å². The lowest BCUT2D eigenvalue weighted by Crippen LogP contribution is -2.40. The number of thiazole rings is 1. The first-order chi connectivity index (χ1) is 21.5. The van der Waals surface area contributed by atoms with Crippen molar-refractivity contribution in [3.8, 4) is 17.2 Å². The molecular formula is C33H28N2O8S. The number of esters is 2. The van der Waals surface area contributed by atoms with Crippen LogP contribution in [-0.2, 0) is 19.1 Å². The molecule has 4 aromatic rings. The van der Waals surface area contributed by atoms with Crippen molar-refractivity contribution in [2.45, 2.75) is 19.9 Å². The number of rotatable bonds is 9. The molecule has 0 unspecified atom stereocenters. The van der Waals surface area contributed by atoms with Crippen LogP contribution in [0.1, 0.15) is 36.6 Å². The summed E-state index contributed by atoms with van der Waals surface area (Å²) >= 11 is 1.22. The molecule has 0 amide bonds. The first-order valence-corrected chi connectivity index (χ1v) is 14.8. The van der Waals surface area contributed by atoms with E-state index < -0.39 is 18.0 Å². The largest absolute Gasteiger partial charge is 0.482 e. The Morgan fingerprint density at radius 3 is 2.48 bits per heavy atom. The van der Waals surface area contributed by atoms with E-state index >= 15 is 0 Å². The number of nitrogens with zero attached hydrogens (tertiary/aromatic N) is 2. The van der Waals surface area contributed by atoms with E-state index in [9.17, 15) is 14.4 Å². The molecule has 1 aromatic heterocycles. The van der Waals surface area contributed by atoms with Crippen molar-refractivity contribution in [1.29, 1.82) is 0 Å². The second kappa shape index (κ2) is 12.6. The van der Waals surface area contributed by atoms with Crippen LogP contribution >= 0.6 is 11.3 Å². The minimum atomic E-state index is -0.837. The third-order valence-electron chi connectivity index (χ3n) is 6.93. The zero-order valence-corrected chi connectivity index (χ0v) is 24.8. The molecule has 0 saturated heterocycles. The SMILES string of the molecule is CCOC(=O)COc1ccc(/C=c2\sc3n(c2=O)[C@@H](c2ccc4c(c2)OCO4)C(C(=O)OCC)=C(c2ccccc2)N=3)cc1. The number of carbonyl (C=O) groups is 2. The summed E-state index contributed by atoms with van der Waals surface area (Å²) in [6, 6.07) is 20.9. The van der Waals surface area contributed by atoms with Crippen molar-refractivity contribution in [1.82, 2.24) is 4.57 Å². The van der Waals surface area contributed by atoms with Crippen LogP contribution < -0.4 is 29.1 Å². The fourth-order valence-electron chi connectivity index (χ4n) is 5.00. The molecule has 0 bridgehead atoms. The average molecular weight is 613 g/mol. The fourth-order valence-corrected chi connectivity index (χ4v) is 6.00. The fraction of sp³-hybridized carbons (Fsp3) is 0.212. The van der Waals surface area contributed by atoms with E-state index in [1.807, 2.05) is 36.4 Å². The van der Waals surface area contributed by atoms with Crippen LogP contribution in [0, 0.1) is 0 Å². The van der Waals surface area contributed by atoms with Gasteiger partial charge >= 0.3 is 11.9 Å². The third kappa shape index (κ3) is 5.73. The van der Waals surface area contributed by atoms with Gasteiger partial charge in [-0.1, -0.05) is 59.9 Å². The molecule has 0 saturated carbocycles. The summed E-state index contributed by atoms with van der Waals surface area (Å²) < 4.78 is 29.0. The lowest BCUT2D eigenvalue weighted by atomic mass is 9.93. The Kier molecular flexibility index (Phi) is 8.29. The van der Waals surface area contributed by atoms with Gasteiger partial charge in [0.15, 0.2) is 22.9 Å². The van der Waals surface area contributed by atoms with Crippen LogP contribution in [0.3, 0.4) is 0 Å². The van der Waals surface area contributed by atoms with E-state index in [4.69, 9.17) is 28.7 Å². The summed E-state index contributed by atoms with van der Waals surface area (Å²) in [4.78, 5) is 44.6. The van der Waals surface area contributed by atoms with E-state index in [0.717, 1.165) is 11.1 Å². The van der Waals surface area contributed by atoms with Crippen molar-refractivity contribution in [2.75, 3.05) is 26.6 Å². The lowest BCUT2D eigenvalue weighted by Gasteiger charge is -2.26. The molecule has 224 valence electrons. The molecule has 11 heteroatoms. The van der Waals surface area contributed by atoms with Gasteiger partial charge in [0.2, 0.25) is 6.79 Å². The van der Waals surface area contributed by atoms with Gasteiger partial charge in [-0.25, -0.2) is 14.6 Å². The maximum Gasteiger partial charge on any atom is 0.344 e. The lowest BCUT2D eigenvalue weighted by molar-refractivity contribution is -0.145. The summed E-state index contributed by atoms with van der Waals surface area (Å²) in [6.45, 7) is 3.79. The van der Waals surface area contributed by atoms with E-state index in [0.29, 0.717) is 37.8 Å². The minimum Gasteiger partial charge on any atom is -0.482 e. The van der Waals surface area contributed by atoms with Crippen molar-refractivity contribution in [2.24, 2.45) is 4.99 Å². The molecule has 3 aromatic carbocycles. The molecule has 6 rings (SSSR count). The van der Waals surface area contributed by atoms with E-state index in [1.165, 1.54) is 15.9 Å². The normalized spacial score (nSPS) is 15.4. The highest BCUT2D eigenvalue weighted by Crippen LogP contribution is 2.40. The van der Waals surface area contributed by atoms with Crippen molar-refractivity contribution < 1.29 is 33.3 Å². The van der Waals surface area contributed by atoms with Gasteiger partial charge in [-0.05, 0) is 55.3 Å². The van der Waals surface area contributed by atoms with Crippen LogP contribution in [-0.4, -0.2) is 43.1 Å². The van der Waals surface area contributed by atoms with Gasteiger partial charge < -0.3 is 23.7 Å². The Balaban J connectivity index is 1.48. The third-order valence-corrected chi connectivity index (χ3v) is 7.91. The summed E-state index contributed by atoms with van der Waals surface area (Å²) in [5.74, 6) is 0.584. The molecule has 0 fully saturated rings. The molecule has 0 aliphatic carbocycles. The second-order valence-electron chi connectivity index (χ2n) is 9.71. The van der Waals surface area contributed by atoms with E-state index in [1.54, 1.807) is 56.3 Å². The Labute approximate surface area is 256 Å². The number of ether oxygens (including phenoxy) is 5. The summed E-state index contributed by atoms with van der Waals surface area (Å²) in [5, 5.41) is 0. The number of hydrogen-bond donors (Lipinski definition) is 0. The van der Waals surface area contributed by atoms with Gasteiger partial charge in [0.25, 0.3) is 5.56 Å². The van der Waals surface area contributed by atoms with Crippen LogP contribution in [0.2, 0.25) is 0 Å². The smallest absolute Gasteiger partial charge is 0.344 e. The van der Waals surface area contributed by atoms with Gasteiger partial charge in [0.1, 0.15) is 5.75 Å². The Morgan fingerprint density at radius 1 is 0.977 bits per heavy atom. The molecule has 0 N–H and O–H groups in total. The summed E-state index contributed by atoms with van der Waals surface area (Å²) in [5.41, 5.74) is 2.48. The molecular weight excluding hydrogens is 584 g/mol. The zero-order chi connectivity index (χ0) is 30.6. The van der Waals surface area contributed by atoms with Crippen LogP contribution in [0.15, 0.2) is 88.2 Å². The summed E-state index contributed by atoms with van der Waals surface area (Å²) in [6.07, 6.45) is 1.76. The van der Waals surface area contributed by atoms with Crippen LogP contribution in [0.25, 0.3) is 11.8 Å². The van der Waals surface area contributed by atoms with Gasteiger partial charge in [-0.3, -0.25) is 9.36 Å². The van der Waals surface area contributed by atoms with Gasteiger partial charge in [0, 0.05) is 5.56 Å². The molecule has 2 aliphatic heterocycles. The molecule has 2 aliphatic rings. The Bertz CT molecular complexity index is 1930. The van der Waals surface area contributed by atoms with E-state index in [2.05, 4.69) is 0 Å². The standard InChI is InChI=1S/C33H28N2O8S/c1-3-39-27(36)18-41-23-13-10-20(11-14-23)16-26-31(37)35-30(22-12-15-24-25(17-22)43-19-42-24)28(32(38)40-4-2)29(34-33(35)44-26)21-8-6-5-7-9-21/h5-17,30H,3-4,18-19H2,1-2H3/b26-16-/t30-/m0/s1. The van der Waals surface area contributed by atoms with Crippen molar-refractivity contribution >= 4 is 35.0 Å². The average Bonchev–Trinajstić information content (AvgIpc) is 3.64. The van der Waals surface area contributed by atoms with Gasteiger partial charge in [-0.15, -0.1) is 0 Å². The second-order valence-corrected chi connectivity index (χ2v) is 10.7. The quantitative estimate of drug-likeness (QED) is 0.264. The highest BCUT2D eigenvalue weighted by atomic mass is 32.1. The number of benzene rings is 3. The maximum absolute atomic E-state index is 14.1. The Hall–Kier alpha value is -5.16. The predicted molar refractivity (Wildman–Crippen MR) is 162 cm³/mol. The maximum atomic E-state index is 14.1. The molecule has 1 atom stereocenters. The van der Waals surface area contributed by atoms with E-state index in [-0.39, 0.29) is 37.7 Å². The molecule has 0 spiro atoms. The number of aromatic nitrogens is 1. The Morgan fingerprint density at radius 2 is 1.73 bits per heavy atom. The van der Waals surface area contributed by atoms with Crippen LogP contribution in [0.5, 0.6) is 17.2 Å². The minimum absolute atomic E-state index is 0.0873. The van der Waals surface area contributed by atoms with Crippen molar-refractivity contribution in [3.63, 3.8) is 0 Å². The molecule has 10 nitrogen and oxygen atoms in total. The first-order valence-electron chi connectivity index (χ1n) is 14.0. The molecule has 44 heavy (non-hydrogen) atoms. The highest BCUT2D eigenvalue weighted by Gasteiger charge is 2.36. The molecule has 3 heterocycles. The zero-order valence-electron chi connectivity index (χ0n) is 24.0. The van der Waals surface area contributed by atoms with Gasteiger partial charge in [-0.2, -0.15) is 0 Å². The predicted octanol–water partition coefficient (Wildman–Crippen LogP) is 3.61. The highest BCUT2D eigenvalue weighted by molar-refractivity contribution is 7.07. The monoisotopic (exact) mass is 612 g/mol. The number of hydrogen-bond acceptors (Lipinski definition) is 10. The topological polar surface area (TPSA) is 115 Å². The first kappa shape index (κ1) is 28.9. The van der Waals surface area contributed by atoms with Crippen molar-refractivity contribution in [3.05, 3.63) is 115 Å². The number of fused-ring (bicyclic) bond motifs is 2. The van der Waals surface area contributed by atoms with Crippen LogP contribution in [0.4, 0.5) is 0 Å². The molecule has 0 radical (unpaired) electrons.